The number of carbonyl (C=O) groups is 1. The maximum absolute atomic E-state index is 12.2. The van der Waals surface area contributed by atoms with Gasteiger partial charge >= 0.3 is 0 Å². The second-order valence-corrected chi connectivity index (χ2v) is 4.42. The summed E-state index contributed by atoms with van der Waals surface area (Å²) in [5.74, 6) is -0.229. The molecule has 0 atom stereocenters. The molecule has 0 aliphatic carbocycles. The molecule has 0 saturated heterocycles. The average molecular weight is 256 g/mol. The topological polar surface area (TPSA) is 66.6 Å². The van der Waals surface area contributed by atoms with Crippen LogP contribution in [0.5, 0.6) is 5.75 Å². The van der Waals surface area contributed by atoms with E-state index in [2.05, 4.69) is 0 Å². The summed E-state index contributed by atoms with van der Waals surface area (Å²) in [4.78, 5) is 13.7. The van der Waals surface area contributed by atoms with Gasteiger partial charge in [-0.3, -0.25) is 4.79 Å². The Bertz CT molecular complexity index is 596. The number of hydrogen-bond acceptors (Lipinski definition) is 3. The van der Waals surface area contributed by atoms with Gasteiger partial charge in [0.15, 0.2) is 0 Å². The van der Waals surface area contributed by atoms with Crippen LogP contribution in [0.3, 0.4) is 0 Å². The van der Waals surface area contributed by atoms with Crippen molar-refractivity contribution in [1.82, 2.24) is 4.90 Å². The molecule has 0 aliphatic heterocycles. The van der Waals surface area contributed by atoms with Gasteiger partial charge in [0.1, 0.15) is 5.75 Å². The number of rotatable bonds is 3. The molecule has 0 bridgehead atoms. The quantitative estimate of drug-likeness (QED) is 0.828. The molecule has 1 amide bonds. The van der Waals surface area contributed by atoms with E-state index in [4.69, 9.17) is 5.73 Å². The number of aromatic hydroxyl groups is 1. The molecule has 19 heavy (non-hydrogen) atoms. The first-order chi connectivity index (χ1) is 9.08. The number of phenols is 1. The second kappa shape index (κ2) is 5.44. The van der Waals surface area contributed by atoms with Crippen LogP contribution < -0.4 is 5.73 Å². The van der Waals surface area contributed by atoms with Gasteiger partial charge in [0.25, 0.3) is 5.91 Å². The van der Waals surface area contributed by atoms with Crippen LogP contribution >= 0.6 is 0 Å². The lowest BCUT2D eigenvalue weighted by Crippen LogP contribution is -2.26. The lowest BCUT2D eigenvalue weighted by molar-refractivity contribution is 0.0782. The number of hydrogen-bond donors (Lipinski definition) is 2. The fourth-order valence-electron chi connectivity index (χ4n) is 1.90. The molecule has 0 fully saturated rings. The molecule has 0 saturated carbocycles. The Kier molecular flexibility index (Phi) is 3.71. The number of phenolic OH excluding ortho intramolecular Hbond substituents is 1. The van der Waals surface area contributed by atoms with Crippen LogP contribution in [0.25, 0.3) is 0 Å². The van der Waals surface area contributed by atoms with Gasteiger partial charge in [-0.05, 0) is 29.8 Å². The van der Waals surface area contributed by atoms with Crippen LogP contribution in [0.15, 0.2) is 48.5 Å². The highest BCUT2D eigenvalue weighted by molar-refractivity contribution is 5.96. The van der Waals surface area contributed by atoms with E-state index in [1.165, 1.54) is 6.07 Å². The maximum atomic E-state index is 12.2. The number of benzene rings is 2. The first-order valence-corrected chi connectivity index (χ1v) is 5.96. The molecule has 3 N–H and O–H groups in total. The van der Waals surface area contributed by atoms with E-state index in [0.717, 1.165) is 5.56 Å². The lowest BCUT2D eigenvalue weighted by atomic mass is 10.1. The molecule has 0 heterocycles. The van der Waals surface area contributed by atoms with E-state index in [1.54, 1.807) is 36.2 Å². The Balaban J connectivity index is 2.14. The van der Waals surface area contributed by atoms with Crippen molar-refractivity contribution in [2.24, 2.45) is 0 Å². The largest absolute Gasteiger partial charge is 0.507 e. The summed E-state index contributed by atoms with van der Waals surface area (Å²) in [5.41, 5.74) is 7.62. The minimum atomic E-state index is -0.222. The summed E-state index contributed by atoms with van der Waals surface area (Å²) < 4.78 is 0. The number of carbonyl (C=O) groups excluding carboxylic acids is 1. The lowest BCUT2D eigenvalue weighted by Gasteiger charge is -2.18. The van der Waals surface area contributed by atoms with Crippen molar-refractivity contribution in [3.8, 4) is 5.75 Å². The van der Waals surface area contributed by atoms with Crippen molar-refractivity contribution >= 4 is 11.6 Å². The van der Waals surface area contributed by atoms with Crippen molar-refractivity contribution in [1.29, 1.82) is 0 Å². The third-order valence-electron chi connectivity index (χ3n) is 2.85. The predicted molar refractivity (Wildman–Crippen MR) is 74.8 cm³/mol. The first kappa shape index (κ1) is 13.0. The number of amides is 1. The number of anilines is 1. The van der Waals surface area contributed by atoms with Crippen LogP contribution in [-0.2, 0) is 6.54 Å². The van der Waals surface area contributed by atoms with Crippen LogP contribution in [0.4, 0.5) is 5.69 Å². The molecule has 0 unspecified atom stereocenters. The van der Waals surface area contributed by atoms with E-state index in [-0.39, 0.29) is 11.7 Å². The SMILES string of the molecule is CN(Cc1cccc(N)c1)C(=O)c1ccccc1O. The zero-order valence-electron chi connectivity index (χ0n) is 10.7. The summed E-state index contributed by atoms with van der Waals surface area (Å²) >= 11 is 0. The van der Waals surface area contributed by atoms with Gasteiger partial charge in [0, 0.05) is 19.3 Å². The van der Waals surface area contributed by atoms with Gasteiger partial charge in [-0.2, -0.15) is 0 Å². The van der Waals surface area contributed by atoms with Gasteiger partial charge in [-0.1, -0.05) is 24.3 Å². The number of nitrogens with zero attached hydrogens (tertiary/aromatic N) is 1. The fourth-order valence-corrected chi connectivity index (χ4v) is 1.90. The Morgan fingerprint density at radius 1 is 1.21 bits per heavy atom. The third-order valence-corrected chi connectivity index (χ3v) is 2.85. The smallest absolute Gasteiger partial charge is 0.257 e. The molecule has 98 valence electrons. The number of nitrogens with two attached hydrogens (primary N) is 1. The van der Waals surface area contributed by atoms with Crippen LogP contribution in [0, 0.1) is 0 Å². The Morgan fingerprint density at radius 3 is 2.63 bits per heavy atom. The van der Waals surface area contributed by atoms with E-state index >= 15 is 0 Å². The van der Waals surface area contributed by atoms with Crippen molar-refractivity contribution in [3.05, 3.63) is 59.7 Å². The zero-order valence-corrected chi connectivity index (χ0v) is 10.7. The summed E-state index contributed by atoms with van der Waals surface area (Å²) in [6, 6.07) is 13.9. The molecular weight excluding hydrogens is 240 g/mol. The zero-order chi connectivity index (χ0) is 13.8. The van der Waals surface area contributed by atoms with E-state index in [9.17, 15) is 9.90 Å². The first-order valence-electron chi connectivity index (χ1n) is 5.96. The van der Waals surface area contributed by atoms with Crippen LogP contribution in [-0.4, -0.2) is 23.0 Å². The van der Waals surface area contributed by atoms with Gasteiger partial charge in [-0.15, -0.1) is 0 Å². The van der Waals surface area contributed by atoms with Gasteiger partial charge < -0.3 is 15.7 Å². The molecule has 4 heteroatoms. The molecule has 0 spiro atoms. The van der Waals surface area contributed by atoms with Gasteiger partial charge in [0.2, 0.25) is 0 Å². The summed E-state index contributed by atoms with van der Waals surface area (Å²) in [6.07, 6.45) is 0. The van der Waals surface area contributed by atoms with Crippen molar-refractivity contribution in [3.63, 3.8) is 0 Å². The Hall–Kier alpha value is -2.49. The molecule has 2 aromatic rings. The summed E-state index contributed by atoms with van der Waals surface area (Å²) in [5, 5.41) is 9.67. The minimum Gasteiger partial charge on any atom is -0.507 e. The van der Waals surface area contributed by atoms with Crippen molar-refractivity contribution in [2.45, 2.75) is 6.54 Å². The van der Waals surface area contributed by atoms with Crippen molar-refractivity contribution in [2.75, 3.05) is 12.8 Å². The molecule has 0 aliphatic rings. The Morgan fingerprint density at radius 2 is 1.95 bits per heavy atom. The number of nitrogen functional groups attached to an aromatic ring is 1. The minimum absolute atomic E-state index is 0.00748. The predicted octanol–water partition coefficient (Wildman–Crippen LogP) is 2.25. The molecule has 4 nitrogen and oxygen atoms in total. The fraction of sp³-hybridized carbons (Fsp3) is 0.133. The highest BCUT2D eigenvalue weighted by Gasteiger charge is 2.15. The maximum Gasteiger partial charge on any atom is 0.257 e. The van der Waals surface area contributed by atoms with Gasteiger partial charge in [0.05, 0.1) is 5.56 Å². The number of para-hydroxylation sites is 1. The standard InChI is InChI=1S/C15H16N2O2/c1-17(10-11-5-4-6-12(16)9-11)15(19)13-7-2-3-8-14(13)18/h2-9,18H,10,16H2,1H3. The monoisotopic (exact) mass is 256 g/mol. The van der Waals surface area contributed by atoms with Crippen molar-refractivity contribution < 1.29 is 9.90 Å². The molecule has 2 rings (SSSR count). The molecule has 2 aromatic carbocycles. The molecule has 0 aromatic heterocycles. The third kappa shape index (κ3) is 3.04. The van der Waals surface area contributed by atoms with E-state index in [0.29, 0.717) is 17.8 Å². The summed E-state index contributed by atoms with van der Waals surface area (Å²) in [6.45, 7) is 0.443. The molecular formula is C15H16N2O2. The van der Waals surface area contributed by atoms with E-state index < -0.39 is 0 Å². The highest BCUT2D eigenvalue weighted by atomic mass is 16.3. The van der Waals surface area contributed by atoms with Crippen LogP contribution in [0.2, 0.25) is 0 Å². The normalized spacial score (nSPS) is 10.2. The average Bonchev–Trinajstić information content (AvgIpc) is 2.38. The van der Waals surface area contributed by atoms with E-state index in [1.807, 2.05) is 18.2 Å². The summed E-state index contributed by atoms with van der Waals surface area (Å²) in [7, 11) is 1.69. The highest BCUT2D eigenvalue weighted by Crippen LogP contribution is 2.18. The van der Waals surface area contributed by atoms with Gasteiger partial charge in [-0.25, -0.2) is 0 Å². The Labute approximate surface area is 112 Å². The van der Waals surface area contributed by atoms with Crippen LogP contribution in [0.1, 0.15) is 15.9 Å². The second-order valence-electron chi connectivity index (χ2n) is 4.42. The molecule has 0 radical (unpaired) electrons.